The van der Waals surface area contributed by atoms with E-state index in [0.717, 1.165) is 24.0 Å². The molecule has 0 bridgehead atoms. The maximum atomic E-state index is 5.08. The number of rotatable bonds is 7. The Labute approximate surface area is 178 Å². The number of hydrogen-bond acceptors (Lipinski definition) is 2. The third-order valence-corrected chi connectivity index (χ3v) is 6.43. The van der Waals surface area contributed by atoms with Crippen molar-refractivity contribution in [1.29, 1.82) is 0 Å². The summed E-state index contributed by atoms with van der Waals surface area (Å²) in [5.41, 5.74) is 6.75. The van der Waals surface area contributed by atoms with Gasteiger partial charge in [0, 0.05) is 12.1 Å². The van der Waals surface area contributed by atoms with Crippen LogP contribution >= 0.6 is 0 Å². The largest absolute Gasteiger partial charge is 0.370 e. The molecule has 3 rings (SSSR count). The van der Waals surface area contributed by atoms with Gasteiger partial charge in [0.1, 0.15) is 5.82 Å². The number of hydrogen-bond donors (Lipinski definition) is 1. The van der Waals surface area contributed by atoms with Gasteiger partial charge in [-0.3, -0.25) is 0 Å². The van der Waals surface area contributed by atoms with Gasteiger partial charge in [-0.05, 0) is 65.3 Å². The molecule has 0 amide bonds. The zero-order valence-corrected chi connectivity index (χ0v) is 19.4. The molecule has 2 nitrogen and oxygen atoms in total. The van der Waals surface area contributed by atoms with Crippen LogP contribution < -0.4 is 5.32 Å². The molecule has 1 aromatic heterocycles. The van der Waals surface area contributed by atoms with Crippen LogP contribution in [-0.2, 0) is 0 Å². The number of pyridine rings is 1. The first-order valence-corrected chi connectivity index (χ1v) is 11.8. The minimum absolute atomic E-state index is 0.474. The maximum absolute atomic E-state index is 5.08. The summed E-state index contributed by atoms with van der Waals surface area (Å²) in [5.74, 6) is 3.31. The second kappa shape index (κ2) is 9.78. The number of aromatic nitrogens is 1. The molecule has 1 aliphatic carbocycles. The van der Waals surface area contributed by atoms with Crippen molar-refractivity contribution < 1.29 is 0 Å². The van der Waals surface area contributed by atoms with Gasteiger partial charge in [0.05, 0.1) is 5.69 Å². The normalized spacial score (nSPS) is 15.5. The minimum atomic E-state index is 0.474. The quantitative estimate of drug-likeness (QED) is 0.514. The Kier molecular flexibility index (Phi) is 7.38. The molecule has 1 N–H and O–H groups in total. The van der Waals surface area contributed by atoms with Crippen LogP contribution in [0.25, 0.3) is 11.3 Å². The van der Waals surface area contributed by atoms with E-state index in [4.69, 9.17) is 4.98 Å². The Bertz CT molecular complexity index is 769. The highest BCUT2D eigenvalue weighted by Gasteiger charge is 2.20. The fraction of sp³-hybridized carbons (Fsp3) is 0.593. The fourth-order valence-electron chi connectivity index (χ4n) is 4.56. The van der Waals surface area contributed by atoms with Gasteiger partial charge in [0.15, 0.2) is 0 Å². The molecular formula is C27H40N2. The van der Waals surface area contributed by atoms with Gasteiger partial charge < -0.3 is 5.32 Å². The number of benzene rings is 1. The average molecular weight is 393 g/mol. The Hall–Kier alpha value is -1.83. The molecule has 2 heteroatoms. The van der Waals surface area contributed by atoms with Gasteiger partial charge in [0.25, 0.3) is 0 Å². The van der Waals surface area contributed by atoms with Crippen LogP contribution in [0.4, 0.5) is 5.82 Å². The van der Waals surface area contributed by atoms with Gasteiger partial charge in [-0.25, -0.2) is 4.98 Å². The third kappa shape index (κ3) is 5.41. The fourth-order valence-corrected chi connectivity index (χ4v) is 4.56. The van der Waals surface area contributed by atoms with Gasteiger partial charge in [-0.1, -0.05) is 79.0 Å². The first-order valence-electron chi connectivity index (χ1n) is 11.8. The lowest BCUT2D eigenvalue weighted by atomic mass is 9.83. The summed E-state index contributed by atoms with van der Waals surface area (Å²) in [6, 6.07) is 11.3. The molecule has 1 fully saturated rings. The summed E-state index contributed by atoms with van der Waals surface area (Å²) in [5, 5.41) is 3.64. The molecule has 2 aromatic rings. The molecule has 1 aliphatic rings. The summed E-state index contributed by atoms with van der Waals surface area (Å²) in [4.78, 5) is 5.08. The van der Waals surface area contributed by atoms with Gasteiger partial charge in [-0.15, -0.1) is 0 Å². The van der Waals surface area contributed by atoms with E-state index in [-0.39, 0.29) is 0 Å². The van der Waals surface area contributed by atoms with E-state index < -0.39 is 0 Å². The van der Waals surface area contributed by atoms with Crippen LogP contribution in [0.3, 0.4) is 0 Å². The van der Waals surface area contributed by atoms with Crippen molar-refractivity contribution in [3.8, 4) is 11.3 Å². The standard InChI is InChI=1S/C27H40N2/c1-18(2)22-15-23(19(3)4)27(24(16-22)20(5)6)25-13-10-14-26(29-25)28-17-21-11-8-7-9-12-21/h10,13-16,18-21H,7-9,11-12,17H2,1-6H3,(H,28,29). The van der Waals surface area contributed by atoms with Crippen molar-refractivity contribution in [1.82, 2.24) is 4.98 Å². The second-order valence-electron chi connectivity index (χ2n) is 9.83. The lowest BCUT2D eigenvalue weighted by Crippen LogP contribution is -2.17. The van der Waals surface area contributed by atoms with Crippen molar-refractivity contribution in [2.24, 2.45) is 5.92 Å². The van der Waals surface area contributed by atoms with Crippen LogP contribution in [0, 0.1) is 5.92 Å². The summed E-state index contributed by atoms with van der Waals surface area (Å²) in [6.45, 7) is 14.8. The molecule has 0 unspecified atom stereocenters. The second-order valence-corrected chi connectivity index (χ2v) is 9.83. The smallest absolute Gasteiger partial charge is 0.126 e. The van der Waals surface area contributed by atoms with Crippen LogP contribution in [0.2, 0.25) is 0 Å². The van der Waals surface area contributed by atoms with Gasteiger partial charge in [0.2, 0.25) is 0 Å². The molecule has 29 heavy (non-hydrogen) atoms. The molecule has 0 aliphatic heterocycles. The monoisotopic (exact) mass is 392 g/mol. The average Bonchev–Trinajstić information content (AvgIpc) is 2.72. The molecule has 1 heterocycles. The highest BCUT2D eigenvalue weighted by atomic mass is 15.0. The Balaban J connectivity index is 1.96. The molecule has 1 saturated carbocycles. The topological polar surface area (TPSA) is 24.9 Å². The van der Waals surface area contributed by atoms with E-state index in [1.165, 1.54) is 54.4 Å². The summed E-state index contributed by atoms with van der Waals surface area (Å²) < 4.78 is 0. The van der Waals surface area contributed by atoms with E-state index in [9.17, 15) is 0 Å². The highest BCUT2D eigenvalue weighted by Crippen LogP contribution is 2.38. The van der Waals surface area contributed by atoms with Crippen LogP contribution in [0.5, 0.6) is 0 Å². The lowest BCUT2D eigenvalue weighted by molar-refractivity contribution is 0.373. The molecule has 0 radical (unpaired) electrons. The zero-order valence-electron chi connectivity index (χ0n) is 19.4. The van der Waals surface area contributed by atoms with E-state index >= 15 is 0 Å². The van der Waals surface area contributed by atoms with E-state index in [1.807, 2.05) is 0 Å². The summed E-state index contributed by atoms with van der Waals surface area (Å²) >= 11 is 0. The molecule has 0 atom stereocenters. The Morgan fingerprint density at radius 1 is 0.862 bits per heavy atom. The molecule has 158 valence electrons. The van der Waals surface area contributed by atoms with Crippen LogP contribution in [-0.4, -0.2) is 11.5 Å². The Morgan fingerprint density at radius 3 is 2.03 bits per heavy atom. The predicted octanol–water partition coefficient (Wildman–Crippen LogP) is 8.11. The predicted molar refractivity (Wildman–Crippen MR) is 127 cm³/mol. The van der Waals surface area contributed by atoms with E-state index in [1.54, 1.807) is 0 Å². The first kappa shape index (κ1) is 21.9. The maximum Gasteiger partial charge on any atom is 0.126 e. The van der Waals surface area contributed by atoms with E-state index in [2.05, 4.69) is 77.2 Å². The van der Waals surface area contributed by atoms with Crippen molar-refractivity contribution in [3.63, 3.8) is 0 Å². The SMILES string of the molecule is CC(C)c1cc(C(C)C)c(-c2cccc(NCC3CCCCC3)n2)c(C(C)C)c1. The van der Waals surface area contributed by atoms with Crippen molar-refractivity contribution in [3.05, 3.63) is 47.0 Å². The number of anilines is 1. The molecule has 0 saturated heterocycles. The van der Waals surface area contributed by atoms with Crippen LogP contribution in [0.1, 0.15) is 108 Å². The zero-order chi connectivity index (χ0) is 21.0. The van der Waals surface area contributed by atoms with Crippen molar-refractivity contribution in [2.45, 2.75) is 91.4 Å². The summed E-state index contributed by atoms with van der Waals surface area (Å²) in [7, 11) is 0. The number of nitrogens with one attached hydrogen (secondary N) is 1. The summed E-state index contributed by atoms with van der Waals surface area (Å²) in [6.07, 6.45) is 6.90. The van der Waals surface area contributed by atoms with E-state index in [0.29, 0.717) is 17.8 Å². The van der Waals surface area contributed by atoms with Gasteiger partial charge >= 0.3 is 0 Å². The highest BCUT2D eigenvalue weighted by molar-refractivity contribution is 5.71. The lowest BCUT2D eigenvalue weighted by Gasteiger charge is -2.24. The molecule has 1 aromatic carbocycles. The van der Waals surface area contributed by atoms with Crippen molar-refractivity contribution in [2.75, 3.05) is 11.9 Å². The number of nitrogens with zero attached hydrogens (tertiary/aromatic N) is 1. The van der Waals surface area contributed by atoms with Gasteiger partial charge in [-0.2, -0.15) is 0 Å². The first-order chi connectivity index (χ1) is 13.9. The van der Waals surface area contributed by atoms with Crippen LogP contribution in [0.15, 0.2) is 30.3 Å². The van der Waals surface area contributed by atoms with Crippen molar-refractivity contribution >= 4 is 5.82 Å². The third-order valence-electron chi connectivity index (χ3n) is 6.43. The Morgan fingerprint density at radius 2 is 1.48 bits per heavy atom. The molecule has 0 spiro atoms. The minimum Gasteiger partial charge on any atom is -0.370 e. The molecular weight excluding hydrogens is 352 g/mol.